The van der Waals surface area contributed by atoms with Crippen molar-refractivity contribution in [2.24, 2.45) is 0 Å². The standard InChI is InChI=1S/C57H34N4O3S/c62-65(63)53-26-14-12-24-46(53)57(48-31-52-44(30-54(48)65)43-22-10-13-25-51(43)64-52)45-23-11-9-21-41(45)39-19-7-8-20-40(39)42-28-27-37(29-47(42)57)50-32-49(35-15-3-1-4-16-35)60-56(61-50)38-33-58-55(59-34-38)36-17-5-2-6-18-36/h1-34H. The Labute approximate surface area is 374 Å². The normalized spacial score (nSPS) is 15.4. The Bertz CT molecular complexity index is 3850. The molecule has 2 aliphatic rings. The zero-order chi connectivity index (χ0) is 43.3. The summed E-state index contributed by atoms with van der Waals surface area (Å²) in [5.74, 6) is 1.09. The van der Waals surface area contributed by atoms with E-state index in [1.165, 1.54) is 0 Å². The zero-order valence-corrected chi connectivity index (χ0v) is 35.4. The molecule has 4 heterocycles. The van der Waals surface area contributed by atoms with E-state index in [0.717, 1.165) is 66.5 Å². The van der Waals surface area contributed by atoms with Crippen molar-refractivity contribution in [1.29, 1.82) is 0 Å². The summed E-state index contributed by atoms with van der Waals surface area (Å²) in [5.41, 5.74) is 12.2. The Kier molecular flexibility index (Phi) is 8.07. The largest absolute Gasteiger partial charge is 0.456 e. The molecule has 0 saturated heterocycles. The number of hydrogen-bond acceptors (Lipinski definition) is 7. The Hall–Kier alpha value is -8.33. The quantitative estimate of drug-likeness (QED) is 0.174. The van der Waals surface area contributed by atoms with Crippen molar-refractivity contribution in [3.05, 3.63) is 229 Å². The molecular weight excluding hydrogens is 821 g/mol. The molecule has 0 bridgehead atoms. The lowest BCUT2D eigenvalue weighted by Crippen LogP contribution is -2.38. The van der Waals surface area contributed by atoms with Crippen LogP contribution in [0.2, 0.25) is 0 Å². The third-order valence-corrected chi connectivity index (χ3v) is 14.9. The third kappa shape index (κ3) is 5.51. The van der Waals surface area contributed by atoms with Gasteiger partial charge in [0.15, 0.2) is 11.6 Å². The minimum Gasteiger partial charge on any atom is -0.456 e. The lowest BCUT2D eigenvalue weighted by molar-refractivity contribution is 0.579. The number of sulfone groups is 1. The first-order valence-corrected chi connectivity index (χ1v) is 22.9. The molecule has 306 valence electrons. The molecule has 8 heteroatoms. The first kappa shape index (κ1) is 37.2. The van der Waals surface area contributed by atoms with Crippen LogP contribution in [0.3, 0.4) is 0 Å². The Morgan fingerprint density at radius 1 is 0.385 bits per heavy atom. The lowest BCUT2D eigenvalue weighted by Gasteiger charge is -2.42. The van der Waals surface area contributed by atoms with Gasteiger partial charge in [-0.3, -0.25) is 0 Å². The molecule has 8 aromatic carbocycles. The van der Waals surface area contributed by atoms with E-state index in [4.69, 9.17) is 24.4 Å². The third-order valence-electron chi connectivity index (χ3n) is 13.0. The van der Waals surface area contributed by atoms with Crippen molar-refractivity contribution in [3.63, 3.8) is 0 Å². The first-order chi connectivity index (χ1) is 32.0. The molecule has 3 aromatic heterocycles. The molecule has 13 rings (SSSR count). The molecule has 1 unspecified atom stereocenters. The van der Waals surface area contributed by atoms with Crippen LogP contribution in [0.15, 0.2) is 221 Å². The molecule has 1 aliphatic heterocycles. The Morgan fingerprint density at radius 3 is 1.74 bits per heavy atom. The van der Waals surface area contributed by atoms with Gasteiger partial charge in [-0.15, -0.1) is 0 Å². The van der Waals surface area contributed by atoms with E-state index in [1.807, 2.05) is 121 Å². The summed E-state index contributed by atoms with van der Waals surface area (Å²) < 4.78 is 37.0. The first-order valence-electron chi connectivity index (χ1n) is 21.4. The molecule has 7 nitrogen and oxygen atoms in total. The Balaban J connectivity index is 1.13. The van der Waals surface area contributed by atoms with Crippen LogP contribution < -0.4 is 0 Å². The molecule has 0 radical (unpaired) electrons. The highest BCUT2D eigenvalue weighted by molar-refractivity contribution is 7.91. The van der Waals surface area contributed by atoms with Gasteiger partial charge in [0.25, 0.3) is 0 Å². The van der Waals surface area contributed by atoms with E-state index in [0.29, 0.717) is 45.2 Å². The number of hydrogen-bond donors (Lipinski definition) is 0. The van der Waals surface area contributed by atoms with Crippen molar-refractivity contribution < 1.29 is 12.8 Å². The van der Waals surface area contributed by atoms with Gasteiger partial charge in [-0.2, -0.15) is 0 Å². The van der Waals surface area contributed by atoms with Crippen LogP contribution in [0.4, 0.5) is 0 Å². The molecule has 65 heavy (non-hydrogen) atoms. The van der Waals surface area contributed by atoms with Crippen molar-refractivity contribution in [1.82, 2.24) is 19.9 Å². The number of fused-ring (bicyclic) bond motifs is 14. The molecule has 1 aliphatic carbocycles. The monoisotopic (exact) mass is 854 g/mol. The Morgan fingerprint density at radius 2 is 0.985 bits per heavy atom. The van der Waals surface area contributed by atoms with E-state index >= 15 is 8.42 Å². The molecule has 11 aromatic rings. The van der Waals surface area contributed by atoms with E-state index in [2.05, 4.69) is 66.7 Å². The maximum Gasteiger partial charge on any atom is 0.207 e. The van der Waals surface area contributed by atoms with Crippen LogP contribution in [0.5, 0.6) is 0 Å². The van der Waals surface area contributed by atoms with Crippen molar-refractivity contribution in [2.45, 2.75) is 15.2 Å². The fourth-order valence-corrected chi connectivity index (χ4v) is 12.0. The van der Waals surface area contributed by atoms with E-state index in [-0.39, 0.29) is 9.79 Å². The van der Waals surface area contributed by atoms with E-state index < -0.39 is 15.3 Å². The van der Waals surface area contributed by atoms with Crippen molar-refractivity contribution in [2.75, 3.05) is 0 Å². The smallest absolute Gasteiger partial charge is 0.207 e. The minimum atomic E-state index is -4.03. The highest BCUT2D eigenvalue weighted by atomic mass is 32.2. The zero-order valence-electron chi connectivity index (χ0n) is 34.6. The van der Waals surface area contributed by atoms with Gasteiger partial charge in [0.1, 0.15) is 11.2 Å². The molecule has 0 fully saturated rings. The van der Waals surface area contributed by atoms with Gasteiger partial charge in [0.2, 0.25) is 9.84 Å². The molecule has 1 atom stereocenters. The summed E-state index contributed by atoms with van der Waals surface area (Å²) in [6, 6.07) is 64.5. The SMILES string of the molecule is O=S1(=O)c2ccccc2C2(c3ccccc3-c3ccccc3-c3ccc(-c4cc(-c5ccccc5)nc(-c5cnc(-c6ccccc6)nc5)n4)cc32)c2cc3oc4ccccc4c3cc21. The van der Waals surface area contributed by atoms with Crippen LogP contribution in [0, 0.1) is 0 Å². The fraction of sp³-hybridized carbons (Fsp3) is 0.0175. The molecule has 0 saturated carbocycles. The molecule has 1 spiro atoms. The highest BCUT2D eigenvalue weighted by Gasteiger charge is 2.52. The predicted molar refractivity (Wildman–Crippen MR) is 255 cm³/mol. The van der Waals surface area contributed by atoms with Crippen LogP contribution in [-0.2, 0) is 15.3 Å². The summed E-state index contributed by atoms with van der Waals surface area (Å²) >= 11 is 0. The second-order valence-corrected chi connectivity index (χ2v) is 18.4. The summed E-state index contributed by atoms with van der Waals surface area (Å²) in [6.45, 7) is 0. The number of aromatic nitrogens is 4. The topological polar surface area (TPSA) is 98.8 Å². The van der Waals surface area contributed by atoms with Gasteiger partial charge in [-0.1, -0.05) is 158 Å². The van der Waals surface area contributed by atoms with E-state index in [9.17, 15) is 0 Å². The van der Waals surface area contributed by atoms with Gasteiger partial charge in [-0.05, 0) is 80.9 Å². The summed E-state index contributed by atoms with van der Waals surface area (Å²) in [7, 11) is -4.03. The number of rotatable bonds is 4. The van der Waals surface area contributed by atoms with Gasteiger partial charge in [0, 0.05) is 39.9 Å². The maximum absolute atomic E-state index is 15.2. The van der Waals surface area contributed by atoms with Crippen LogP contribution >= 0.6 is 0 Å². The summed E-state index contributed by atoms with van der Waals surface area (Å²) in [4.78, 5) is 20.4. The number of benzene rings is 8. The fourth-order valence-electron chi connectivity index (χ4n) is 10.2. The maximum atomic E-state index is 15.2. The lowest BCUT2D eigenvalue weighted by atomic mass is 9.63. The second kappa shape index (κ2) is 14.1. The average molecular weight is 855 g/mol. The van der Waals surface area contributed by atoms with Crippen molar-refractivity contribution >= 4 is 31.8 Å². The van der Waals surface area contributed by atoms with Gasteiger partial charge >= 0.3 is 0 Å². The van der Waals surface area contributed by atoms with Gasteiger partial charge in [0.05, 0.1) is 32.2 Å². The van der Waals surface area contributed by atoms with E-state index in [1.54, 1.807) is 18.5 Å². The average Bonchev–Trinajstić information content (AvgIpc) is 3.70. The minimum absolute atomic E-state index is 0.252. The molecular formula is C57H34N4O3S. The second-order valence-electron chi connectivity index (χ2n) is 16.5. The number of nitrogens with zero attached hydrogens (tertiary/aromatic N) is 4. The van der Waals surface area contributed by atoms with Crippen LogP contribution in [0.25, 0.3) is 89.5 Å². The molecule has 0 N–H and O–H groups in total. The van der Waals surface area contributed by atoms with Crippen molar-refractivity contribution in [3.8, 4) is 67.5 Å². The highest BCUT2D eigenvalue weighted by Crippen LogP contribution is 2.60. The summed E-state index contributed by atoms with van der Waals surface area (Å²) in [5, 5.41) is 1.61. The van der Waals surface area contributed by atoms with Gasteiger partial charge < -0.3 is 4.42 Å². The van der Waals surface area contributed by atoms with Crippen LogP contribution in [-0.4, -0.2) is 28.4 Å². The number of para-hydroxylation sites is 1. The molecule has 0 amide bonds. The van der Waals surface area contributed by atoms with Gasteiger partial charge in [-0.25, -0.2) is 28.4 Å². The number of furan rings is 1. The predicted octanol–water partition coefficient (Wildman–Crippen LogP) is 13.0. The summed E-state index contributed by atoms with van der Waals surface area (Å²) in [6.07, 6.45) is 3.55. The van der Waals surface area contributed by atoms with Crippen LogP contribution in [0.1, 0.15) is 22.3 Å².